The number of anilines is 2. The van der Waals surface area contributed by atoms with Crippen LogP contribution in [0.4, 0.5) is 11.4 Å². The normalized spacial score (nSPS) is 10.3. The Bertz CT molecular complexity index is 626. The van der Waals surface area contributed by atoms with Crippen LogP contribution in [-0.4, -0.2) is 5.91 Å². The second-order valence-electron chi connectivity index (χ2n) is 3.78. The highest BCUT2D eigenvalue weighted by molar-refractivity contribution is 9.10. The van der Waals surface area contributed by atoms with E-state index < -0.39 is 5.91 Å². The average molecular weight is 360 g/mol. The fraction of sp³-hybridized carbons (Fsp3) is 0. The molecule has 0 unspecified atom stereocenters. The summed E-state index contributed by atoms with van der Waals surface area (Å²) in [6.07, 6.45) is 0. The largest absolute Gasteiger partial charge is 0.397 e. The summed E-state index contributed by atoms with van der Waals surface area (Å²) in [4.78, 5) is 12.1. The van der Waals surface area contributed by atoms with Gasteiger partial charge in [0.25, 0.3) is 5.91 Å². The van der Waals surface area contributed by atoms with Crippen molar-refractivity contribution in [2.75, 3.05) is 11.1 Å². The van der Waals surface area contributed by atoms with Crippen LogP contribution in [0.1, 0.15) is 10.4 Å². The third kappa shape index (κ3) is 3.21. The van der Waals surface area contributed by atoms with E-state index in [-0.39, 0.29) is 5.56 Å². The number of rotatable bonds is 2. The number of hydrogen-bond acceptors (Lipinski definition) is 2. The van der Waals surface area contributed by atoms with Crippen LogP contribution in [0.25, 0.3) is 0 Å². The first-order valence-electron chi connectivity index (χ1n) is 5.29. The van der Waals surface area contributed by atoms with Gasteiger partial charge in [0, 0.05) is 4.47 Å². The van der Waals surface area contributed by atoms with Crippen LogP contribution in [0.2, 0.25) is 10.0 Å². The molecule has 0 saturated carbocycles. The summed E-state index contributed by atoms with van der Waals surface area (Å²) in [5, 5.41) is 3.27. The van der Waals surface area contributed by atoms with Gasteiger partial charge in [0.2, 0.25) is 0 Å². The molecule has 0 fully saturated rings. The molecule has 98 valence electrons. The molecule has 19 heavy (non-hydrogen) atoms. The van der Waals surface area contributed by atoms with Crippen molar-refractivity contribution in [3.63, 3.8) is 0 Å². The SMILES string of the molecule is Nc1cc(Br)ccc1NC(=O)c1c(Cl)cccc1Cl. The molecule has 0 aliphatic rings. The third-order valence-corrected chi connectivity index (χ3v) is 3.57. The quantitative estimate of drug-likeness (QED) is 0.770. The molecule has 1 amide bonds. The topological polar surface area (TPSA) is 55.1 Å². The summed E-state index contributed by atoms with van der Waals surface area (Å²) in [5.74, 6) is -0.398. The summed E-state index contributed by atoms with van der Waals surface area (Å²) in [7, 11) is 0. The fourth-order valence-electron chi connectivity index (χ4n) is 1.55. The minimum absolute atomic E-state index is 0.230. The minimum atomic E-state index is -0.398. The Morgan fingerprint density at radius 1 is 1.16 bits per heavy atom. The predicted molar refractivity (Wildman–Crippen MR) is 83.0 cm³/mol. The van der Waals surface area contributed by atoms with Crippen LogP contribution in [-0.2, 0) is 0 Å². The lowest BCUT2D eigenvalue weighted by Gasteiger charge is -2.10. The highest BCUT2D eigenvalue weighted by Gasteiger charge is 2.15. The van der Waals surface area contributed by atoms with Crippen LogP contribution in [0, 0.1) is 0 Å². The monoisotopic (exact) mass is 358 g/mol. The molecular formula is C13H9BrCl2N2O. The molecule has 0 saturated heterocycles. The molecule has 0 aromatic heterocycles. The van der Waals surface area contributed by atoms with Gasteiger partial charge < -0.3 is 11.1 Å². The van der Waals surface area contributed by atoms with Crippen molar-refractivity contribution in [1.29, 1.82) is 0 Å². The Morgan fingerprint density at radius 2 is 1.79 bits per heavy atom. The zero-order valence-corrected chi connectivity index (χ0v) is 12.7. The standard InChI is InChI=1S/C13H9BrCl2N2O/c14-7-4-5-11(10(17)6-7)18-13(19)12-8(15)2-1-3-9(12)16/h1-6H,17H2,(H,18,19). The van der Waals surface area contributed by atoms with Gasteiger partial charge in [-0.1, -0.05) is 45.2 Å². The zero-order valence-electron chi connectivity index (χ0n) is 9.58. The Kier molecular flexibility index (Phi) is 4.34. The van der Waals surface area contributed by atoms with Crippen LogP contribution in [0.15, 0.2) is 40.9 Å². The van der Waals surface area contributed by atoms with Gasteiger partial charge in [0.1, 0.15) is 0 Å². The maximum Gasteiger partial charge on any atom is 0.258 e. The van der Waals surface area contributed by atoms with Crippen molar-refractivity contribution in [3.05, 3.63) is 56.5 Å². The third-order valence-electron chi connectivity index (χ3n) is 2.45. The molecule has 3 nitrogen and oxygen atoms in total. The van der Waals surface area contributed by atoms with E-state index in [1.807, 2.05) is 0 Å². The van der Waals surface area contributed by atoms with Gasteiger partial charge in [0.05, 0.1) is 27.0 Å². The van der Waals surface area contributed by atoms with Crippen LogP contribution < -0.4 is 11.1 Å². The van der Waals surface area contributed by atoms with Crippen LogP contribution >= 0.6 is 39.1 Å². The summed E-state index contributed by atoms with van der Waals surface area (Å²) in [5.41, 5.74) is 7.00. The van der Waals surface area contributed by atoms with E-state index in [1.165, 1.54) is 0 Å². The molecule has 0 heterocycles. The molecule has 2 rings (SSSR count). The maximum atomic E-state index is 12.1. The summed E-state index contributed by atoms with van der Waals surface area (Å²) in [6.45, 7) is 0. The molecule has 6 heteroatoms. The number of amides is 1. The highest BCUT2D eigenvalue weighted by Crippen LogP contribution is 2.27. The molecule has 2 aromatic rings. The highest BCUT2D eigenvalue weighted by atomic mass is 79.9. The van der Waals surface area contributed by atoms with E-state index >= 15 is 0 Å². The fourth-order valence-corrected chi connectivity index (χ4v) is 2.49. The van der Waals surface area contributed by atoms with E-state index in [9.17, 15) is 4.79 Å². The number of nitrogen functional groups attached to an aromatic ring is 1. The van der Waals surface area contributed by atoms with Crippen LogP contribution in [0.3, 0.4) is 0 Å². The van der Waals surface area contributed by atoms with Crippen molar-refractivity contribution in [1.82, 2.24) is 0 Å². The second-order valence-corrected chi connectivity index (χ2v) is 5.51. The lowest BCUT2D eigenvalue weighted by Crippen LogP contribution is -2.14. The molecule has 0 radical (unpaired) electrons. The van der Waals surface area contributed by atoms with Crippen molar-refractivity contribution in [2.45, 2.75) is 0 Å². The molecule has 0 aliphatic heterocycles. The number of carbonyl (C=O) groups excluding carboxylic acids is 1. The lowest BCUT2D eigenvalue weighted by atomic mass is 10.2. The van der Waals surface area contributed by atoms with Crippen LogP contribution in [0.5, 0.6) is 0 Å². The van der Waals surface area contributed by atoms with Gasteiger partial charge in [-0.2, -0.15) is 0 Å². The van der Waals surface area contributed by atoms with E-state index in [0.717, 1.165) is 4.47 Å². The Morgan fingerprint density at radius 3 is 2.37 bits per heavy atom. The number of nitrogens with one attached hydrogen (secondary N) is 1. The number of halogens is 3. The minimum Gasteiger partial charge on any atom is -0.397 e. The predicted octanol–water partition coefficient (Wildman–Crippen LogP) is 4.59. The number of carbonyl (C=O) groups is 1. The zero-order chi connectivity index (χ0) is 14.0. The van der Waals surface area contributed by atoms with Crippen molar-refractivity contribution in [3.8, 4) is 0 Å². The van der Waals surface area contributed by atoms with Gasteiger partial charge in [-0.15, -0.1) is 0 Å². The first-order chi connectivity index (χ1) is 8.99. The van der Waals surface area contributed by atoms with E-state index in [2.05, 4.69) is 21.2 Å². The van der Waals surface area contributed by atoms with Gasteiger partial charge in [-0.3, -0.25) is 4.79 Å². The number of nitrogens with two attached hydrogens (primary N) is 1. The second kappa shape index (κ2) is 5.82. The first-order valence-corrected chi connectivity index (χ1v) is 6.84. The van der Waals surface area contributed by atoms with Gasteiger partial charge in [-0.25, -0.2) is 0 Å². The number of benzene rings is 2. The van der Waals surface area contributed by atoms with Crippen molar-refractivity contribution < 1.29 is 4.79 Å². The van der Waals surface area contributed by atoms with Gasteiger partial charge in [0.15, 0.2) is 0 Å². The van der Waals surface area contributed by atoms with E-state index in [0.29, 0.717) is 21.4 Å². The lowest BCUT2D eigenvalue weighted by molar-refractivity contribution is 0.102. The van der Waals surface area contributed by atoms with Gasteiger partial charge >= 0.3 is 0 Å². The Hall–Kier alpha value is -1.23. The van der Waals surface area contributed by atoms with E-state index in [1.54, 1.807) is 36.4 Å². The molecule has 0 spiro atoms. The molecule has 0 bridgehead atoms. The molecule has 2 aromatic carbocycles. The first kappa shape index (κ1) is 14.2. The van der Waals surface area contributed by atoms with Crippen molar-refractivity contribution >= 4 is 56.4 Å². The molecule has 3 N–H and O–H groups in total. The summed E-state index contributed by atoms with van der Waals surface area (Å²) < 4.78 is 0.832. The average Bonchev–Trinajstić information content (AvgIpc) is 2.32. The van der Waals surface area contributed by atoms with Crippen molar-refractivity contribution in [2.24, 2.45) is 0 Å². The summed E-state index contributed by atoms with van der Waals surface area (Å²) in [6, 6.07) is 10.1. The Labute approximate surface area is 128 Å². The number of hydrogen-bond donors (Lipinski definition) is 2. The smallest absolute Gasteiger partial charge is 0.258 e. The maximum absolute atomic E-state index is 12.1. The van der Waals surface area contributed by atoms with Gasteiger partial charge in [-0.05, 0) is 30.3 Å². The molecular weight excluding hydrogens is 351 g/mol. The Balaban J connectivity index is 2.31. The summed E-state index contributed by atoms with van der Waals surface area (Å²) >= 11 is 15.2. The van der Waals surface area contributed by atoms with E-state index in [4.69, 9.17) is 28.9 Å². The molecule has 0 aliphatic carbocycles. The molecule has 0 atom stereocenters.